The average molecular weight is 238 g/mol. The molecule has 1 aromatic rings. The number of anilines is 1. The molecule has 16 heavy (non-hydrogen) atoms. The number of nitrogen functional groups attached to an aromatic ring is 1. The number of nitrogens with one attached hydrogen (secondary N) is 1. The van der Waals surface area contributed by atoms with Gasteiger partial charge in [-0.3, -0.25) is 4.79 Å². The number of amides is 1. The third-order valence-corrected chi connectivity index (χ3v) is 4.14. The number of aryl methyl sites for hydroxylation is 1. The minimum Gasteiger partial charge on any atom is -0.398 e. The van der Waals surface area contributed by atoms with Crippen LogP contribution in [0, 0.1) is 12.8 Å². The van der Waals surface area contributed by atoms with Crippen molar-refractivity contribution in [3.63, 3.8) is 0 Å². The molecule has 88 valence electrons. The Morgan fingerprint density at radius 1 is 1.69 bits per heavy atom. The molecule has 0 bridgehead atoms. The largest absolute Gasteiger partial charge is 0.398 e. The van der Waals surface area contributed by atoms with Crippen LogP contribution in [0.1, 0.15) is 40.7 Å². The van der Waals surface area contributed by atoms with Crippen molar-refractivity contribution >= 4 is 22.9 Å². The lowest BCUT2D eigenvalue weighted by molar-refractivity contribution is 0.0953. The number of rotatable bonds is 4. The topological polar surface area (TPSA) is 55.1 Å². The van der Waals surface area contributed by atoms with Crippen molar-refractivity contribution in [3.8, 4) is 0 Å². The molecule has 3 nitrogen and oxygen atoms in total. The molecule has 2 atom stereocenters. The van der Waals surface area contributed by atoms with E-state index in [0.717, 1.165) is 21.9 Å². The van der Waals surface area contributed by atoms with E-state index in [1.165, 1.54) is 24.2 Å². The Kier molecular flexibility index (Phi) is 3.19. The highest BCUT2D eigenvalue weighted by atomic mass is 32.1. The maximum atomic E-state index is 11.9. The fourth-order valence-corrected chi connectivity index (χ4v) is 2.81. The molecular weight excluding hydrogens is 220 g/mol. The lowest BCUT2D eigenvalue weighted by Crippen LogP contribution is -2.26. The molecule has 0 aliphatic heterocycles. The summed E-state index contributed by atoms with van der Waals surface area (Å²) >= 11 is 1.47. The first kappa shape index (κ1) is 11.5. The van der Waals surface area contributed by atoms with Crippen LogP contribution in [0.2, 0.25) is 0 Å². The van der Waals surface area contributed by atoms with Gasteiger partial charge in [0.2, 0.25) is 0 Å². The monoisotopic (exact) mass is 238 g/mol. The first-order valence-electron chi connectivity index (χ1n) is 5.78. The second-order valence-corrected chi connectivity index (χ2v) is 5.74. The molecule has 1 heterocycles. The second-order valence-electron chi connectivity index (χ2n) is 4.49. The van der Waals surface area contributed by atoms with Crippen molar-refractivity contribution in [3.05, 3.63) is 15.8 Å². The van der Waals surface area contributed by atoms with Crippen molar-refractivity contribution in [1.82, 2.24) is 5.32 Å². The maximum absolute atomic E-state index is 11.9. The van der Waals surface area contributed by atoms with Crippen molar-refractivity contribution in [1.29, 1.82) is 0 Å². The zero-order valence-corrected chi connectivity index (χ0v) is 10.6. The van der Waals surface area contributed by atoms with E-state index in [1.54, 1.807) is 6.07 Å². The average Bonchev–Trinajstić information content (AvgIpc) is 2.86. The van der Waals surface area contributed by atoms with Gasteiger partial charge in [0.1, 0.15) is 0 Å². The molecular formula is C12H18N2OS. The molecule has 1 aliphatic carbocycles. The molecule has 0 saturated heterocycles. The van der Waals surface area contributed by atoms with Crippen molar-refractivity contribution < 1.29 is 4.79 Å². The molecule has 1 fully saturated rings. The number of thiophene rings is 1. The highest BCUT2D eigenvalue weighted by Crippen LogP contribution is 2.35. The SMILES string of the molecule is CCCC1CC1NC(=O)c1cc(N)c(C)s1. The summed E-state index contributed by atoms with van der Waals surface area (Å²) < 4.78 is 0. The van der Waals surface area contributed by atoms with Gasteiger partial charge in [-0.1, -0.05) is 13.3 Å². The van der Waals surface area contributed by atoms with E-state index in [9.17, 15) is 4.79 Å². The van der Waals surface area contributed by atoms with Crippen molar-refractivity contribution in [2.45, 2.75) is 39.2 Å². The lowest BCUT2D eigenvalue weighted by Gasteiger charge is -2.01. The van der Waals surface area contributed by atoms with Crippen LogP contribution in [0.3, 0.4) is 0 Å². The van der Waals surface area contributed by atoms with Crippen LogP contribution in [0.4, 0.5) is 5.69 Å². The predicted molar refractivity (Wildman–Crippen MR) is 67.7 cm³/mol. The van der Waals surface area contributed by atoms with Gasteiger partial charge in [-0.15, -0.1) is 11.3 Å². The van der Waals surface area contributed by atoms with E-state index in [-0.39, 0.29) is 5.91 Å². The van der Waals surface area contributed by atoms with Gasteiger partial charge in [0.25, 0.3) is 5.91 Å². The summed E-state index contributed by atoms with van der Waals surface area (Å²) in [5, 5.41) is 3.06. The summed E-state index contributed by atoms with van der Waals surface area (Å²) in [4.78, 5) is 13.6. The second kappa shape index (κ2) is 4.45. The third kappa shape index (κ3) is 2.38. The molecule has 2 rings (SSSR count). The van der Waals surface area contributed by atoms with Gasteiger partial charge >= 0.3 is 0 Å². The summed E-state index contributed by atoms with van der Waals surface area (Å²) in [7, 11) is 0. The highest BCUT2D eigenvalue weighted by Gasteiger charge is 2.37. The van der Waals surface area contributed by atoms with Crippen LogP contribution in [-0.4, -0.2) is 11.9 Å². The van der Waals surface area contributed by atoms with E-state index in [4.69, 9.17) is 5.73 Å². The standard InChI is InChI=1S/C12H18N2OS/c1-3-4-8-5-10(8)14-12(15)11-6-9(13)7(2)16-11/h6,8,10H,3-5,13H2,1-2H3,(H,14,15). The van der Waals surface area contributed by atoms with Gasteiger partial charge in [-0.05, 0) is 31.7 Å². The Balaban J connectivity index is 1.90. The van der Waals surface area contributed by atoms with Crippen LogP contribution in [0.5, 0.6) is 0 Å². The summed E-state index contributed by atoms with van der Waals surface area (Å²) in [6.07, 6.45) is 3.55. The zero-order valence-electron chi connectivity index (χ0n) is 9.75. The molecule has 0 spiro atoms. The number of hydrogen-bond donors (Lipinski definition) is 2. The Morgan fingerprint density at radius 3 is 3.00 bits per heavy atom. The first-order valence-corrected chi connectivity index (χ1v) is 6.60. The van der Waals surface area contributed by atoms with Gasteiger partial charge in [0.15, 0.2) is 0 Å². The first-order chi connectivity index (χ1) is 7.61. The molecule has 1 aliphatic rings. The Morgan fingerprint density at radius 2 is 2.44 bits per heavy atom. The van der Waals surface area contributed by atoms with Gasteiger partial charge in [-0.2, -0.15) is 0 Å². The van der Waals surface area contributed by atoms with E-state index in [1.807, 2.05) is 6.92 Å². The molecule has 0 radical (unpaired) electrons. The van der Waals surface area contributed by atoms with Gasteiger partial charge in [0, 0.05) is 16.6 Å². The van der Waals surface area contributed by atoms with Gasteiger partial charge in [0.05, 0.1) is 4.88 Å². The summed E-state index contributed by atoms with van der Waals surface area (Å²) in [5.41, 5.74) is 6.45. The summed E-state index contributed by atoms with van der Waals surface area (Å²) in [6.45, 7) is 4.12. The van der Waals surface area contributed by atoms with Crippen LogP contribution in [0.15, 0.2) is 6.07 Å². The number of carbonyl (C=O) groups excluding carboxylic acids is 1. The van der Waals surface area contributed by atoms with E-state index in [2.05, 4.69) is 12.2 Å². The highest BCUT2D eigenvalue weighted by molar-refractivity contribution is 7.14. The normalized spacial score (nSPS) is 23.1. The number of nitrogens with two attached hydrogens (primary N) is 1. The minimum absolute atomic E-state index is 0.0356. The quantitative estimate of drug-likeness (QED) is 0.847. The Bertz CT molecular complexity index is 380. The van der Waals surface area contributed by atoms with Crippen LogP contribution < -0.4 is 11.1 Å². The Hall–Kier alpha value is -1.03. The molecule has 3 N–H and O–H groups in total. The Labute approximate surface area is 100 Å². The zero-order chi connectivity index (χ0) is 11.7. The molecule has 1 saturated carbocycles. The van der Waals surface area contributed by atoms with Crippen LogP contribution in [-0.2, 0) is 0 Å². The molecule has 1 amide bonds. The number of carbonyl (C=O) groups is 1. The smallest absolute Gasteiger partial charge is 0.261 e. The fraction of sp³-hybridized carbons (Fsp3) is 0.583. The van der Waals surface area contributed by atoms with E-state index >= 15 is 0 Å². The van der Waals surface area contributed by atoms with Gasteiger partial charge < -0.3 is 11.1 Å². The summed E-state index contributed by atoms with van der Waals surface area (Å²) in [6, 6.07) is 2.17. The molecule has 2 unspecified atom stereocenters. The number of hydrogen-bond acceptors (Lipinski definition) is 3. The van der Waals surface area contributed by atoms with Crippen molar-refractivity contribution in [2.24, 2.45) is 5.92 Å². The third-order valence-electron chi connectivity index (χ3n) is 3.08. The van der Waals surface area contributed by atoms with Crippen LogP contribution in [0.25, 0.3) is 0 Å². The maximum Gasteiger partial charge on any atom is 0.261 e. The minimum atomic E-state index is 0.0356. The van der Waals surface area contributed by atoms with E-state index in [0.29, 0.717) is 12.0 Å². The van der Waals surface area contributed by atoms with Gasteiger partial charge in [-0.25, -0.2) is 0 Å². The predicted octanol–water partition coefficient (Wildman–Crippen LogP) is 2.56. The summed E-state index contributed by atoms with van der Waals surface area (Å²) in [5.74, 6) is 0.737. The van der Waals surface area contributed by atoms with Crippen LogP contribution >= 0.6 is 11.3 Å². The molecule has 0 aromatic carbocycles. The molecule has 1 aromatic heterocycles. The van der Waals surface area contributed by atoms with E-state index < -0.39 is 0 Å². The van der Waals surface area contributed by atoms with Crippen molar-refractivity contribution in [2.75, 3.05) is 5.73 Å². The molecule has 4 heteroatoms. The lowest BCUT2D eigenvalue weighted by atomic mass is 10.2. The fourth-order valence-electron chi connectivity index (χ4n) is 1.96.